The van der Waals surface area contributed by atoms with Crippen molar-refractivity contribution in [3.05, 3.63) is 64.8 Å². The molecule has 1 aromatic carbocycles. The van der Waals surface area contributed by atoms with Crippen LogP contribution in [0.2, 0.25) is 5.02 Å². The maximum absolute atomic E-state index is 13.9. The first-order valence-corrected chi connectivity index (χ1v) is 8.28. The molecule has 0 bridgehead atoms. The van der Waals surface area contributed by atoms with E-state index in [0.29, 0.717) is 5.56 Å². The molecule has 8 nitrogen and oxygen atoms in total. The highest BCUT2D eigenvalue weighted by Gasteiger charge is 2.17. The number of benzene rings is 1. The van der Waals surface area contributed by atoms with E-state index in [9.17, 15) is 14.0 Å². The molecule has 0 aliphatic carbocycles. The number of hydrogen-bond acceptors (Lipinski definition) is 4. The second-order valence-corrected chi connectivity index (χ2v) is 6.16. The van der Waals surface area contributed by atoms with Gasteiger partial charge in [0.05, 0.1) is 6.54 Å². The van der Waals surface area contributed by atoms with Crippen LogP contribution < -0.4 is 5.32 Å². The van der Waals surface area contributed by atoms with Crippen molar-refractivity contribution in [2.24, 2.45) is 0 Å². The Hall–Kier alpha value is -3.20. The van der Waals surface area contributed by atoms with E-state index < -0.39 is 23.7 Å². The number of hydrogen-bond donors (Lipinski definition) is 2. The summed E-state index contributed by atoms with van der Waals surface area (Å²) < 4.78 is 16.5. The summed E-state index contributed by atoms with van der Waals surface area (Å²) in [5.74, 6) is -1.80. The van der Waals surface area contributed by atoms with Crippen molar-refractivity contribution in [3.63, 3.8) is 0 Å². The van der Waals surface area contributed by atoms with Crippen molar-refractivity contribution in [1.82, 2.24) is 19.6 Å². The SMILES string of the molecule is CC(C(=O)O)n1ccc(C(=O)Nc2ccn(Cc3c(F)cccc3Cl)n2)n1. The summed E-state index contributed by atoms with van der Waals surface area (Å²) in [7, 11) is 0. The second-order valence-electron chi connectivity index (χ2n) is 5.75. The zero-order chi connectivity index (χ0) is 19.6. The van der Waals surface area contributed by atoms with E-state index in [2.05, 4.69) is 15.5 Å². The molecule has 0 saturated carbocycles. The molecule has 27 heavy (non-hydrogen) atoms. The lowest BCUT2D eigenvalue weighted by molar-refractivity contribution is -0.140. The van der Waals surface area contributed by atoms with E-state index in [1.807, 2.05) is 0 Å². The summed E-state index contributed by atoms with van der Waals surface area (Å²) >= 11 is 6.00. The van der Waals surface area contributed by atoms with Crippen molar-refractivity contribution >= 4 is 29.3 Å². The molecule has 0 fully saturated rings. The quantitative estimate of drug-likeness (QED) is 0.672. The molecule has 0 spiro atoms. The smallest absolute Gasteiger partial charge is 0.328 e. The Morgan fingerprint density at radius 3 is 2.74 bits per heavy atom. The molecule has 1 amide bonds. The number of carboxylic acids is 1. The number of carboxylic acid groups (broad SMARTS) is 1. The van der Waals surface area contributed by atoms with E-state index in [-0.39, 0.29) is 23.1 Å². The average molecular weight is 392 g/mol. The minimum absolute atomic E-state index is 0.0507. The summed E-state index contributed by atoms with van der Waals surface area (Å²) in [6, 6.07) is 6.47. The van der Waals surface area contributed by atoms with Crippen molar-refractivity contribution < 1.29 is 19.1 Å². The summed E-state index contributed by atoms with van der Waals surface area (Å²) in [6.07, 6.45) is 2.98. The summed E-state index contributed by atoms with van der Waals surface area (Å²) in [5, 5.41) is 19.9. The molecule has 0 aliphatic rings. The van der Waals surface area contributed by atoms with Crippen LogP contribution in [0.4, 0.5) is 10.2 Å². The fraction of sp³-hybridized carbons (Fsp3) is 0.176. The fourth-order valence-electron chi connectivity index (χ4n) is 2.33. The largest absolute Gasteiger partial charge is 0.480 e. The van der Waals surface area contributed by atoms with Crippen LogP contribution >= 0.6 is 11.6 Å². The summed E-state index contributed by atoms with van der Waals surface area (Å²) in [6.45, 7) is 1.55. The van der Waals surface area contributed by atoms with Gasteiger partial charge < -0.3 is 10.4 Å². The van der Waals surface area contributed by atoms with Gasteiger partial charge in [-0.2, -0.15) is 10.2 Å². The topological polar surface area (TPSA) is 102 Å². The first kappa shape index (κ1) is 18.6. The van der Waals surface area contributed by atoms with Gasteiger partial charge in [0.15, 0.2) is 11.5 Å². The number of rotatable bonds is 6. The Balaban J connectivity index is 1.69. The number of carbonyl (C=O) groups excluding carboxylic acids is 1. The van der Waals surface area contributed by atoms with Crippen LogP contribution in [0.25, 0.3) is 0 Å². The molecular weight excluding hydrogens is 377 g/mol. The van der Waals surface area contributed by atoms with Gasteiger partial charge in [-0.25, -0.2) is 9.18 Å². The maximum atomic E-state index is 13.9. The Morgan fingerprint density at radius 1 is 1.26 bits per heavy atom. The van der Waals surface area contributed by atoms with Gasteiger partial charge in [0.2, 0.25) is 0 Å². The zero-order valence-corrected chi connectivity index (χ0v) is 14.9. The molecule has 3 aromatic rings. The van der Waals surface area contributed by atoms with E-state index in [0.717, 1.165) is 0 Å². The van der Waals surface area contributed by atoms with Gasteiger partial charge in [-0.1, -0.05) is 17.7 Å². The Bertz CT molecular complexity index is 980. The number of amides is 1. The lowest BCUT2D eigenvalue weighted by Gasteiger charge is -2.06. The van der Waals surface area contributed by atoms with Gasteiger partial charge in [-0.15, -0.1) is 0 Å². The van der Waals surface area contributed by atoms with Crippen LogP contribution in [-0.4, -0.2) is 36.5 Å². The van der Waals surface area contributed by atoms with E-state index >= 15 is 0 Å². The van der Waals surface area contributed by atoms with Crippen molar-refractivity contribution in [2.75, 3.05) is 5.32 Å². The molecule has 2 N–H and O–H groups in total. The second kappa shape index (κ2) is 7.58. The van der Waals surface area contributed by atoms with Gasteiger partial charge in [-0.3, -0.25) is 14.2 Å². The normalized spacial score (nSPS) is 12.0. The minimum atomic E-state index is -1.06. The molecule has 140 valence electrons. The predicted molar refractivity (Wildman–Crippen MR) is 95.3 cm³/mol. The highest BCUT2D eigenvalue weighted by atomic mass is 35.5. The van der Waals surface area contributed by atoms with Gasteiger partial charge in [0, 0.05) is 29.0 Å². The maximum Gasteiger partial charge on any atom is 0.328 e. The van der Waals surface area contributed by atoms with Crippen molar-refractivity contribution in [3.8, 4) is 0 Å². The van der Waals surface area contributed by atoms with Gasteiger partial charge >= 0.3 is 5.97 Å². The first-order chi connectivity index (χ1) is 12.8. The van der Waals surface area contributed by atoms with Gasteiger partial charge in [0.1, 0.15) is 11.9 Å². The molecular formula is C17H15ClFN5O3. The van der Waals surface area contributed by atoms with Crippen LogP contribution in [-0.2, 0) is 11.3 Å². The highest BCUT2D eigenvalue weighted by molar-refractivity contribution is 6.31. The first-order valence-electron chi connectivity index (χ1n) is 7.91. The predicted octanol–water partition coefficient (Wildman–Crippen LogP) is 2.82. The van der Waals surface area contributed by atoms with Gasteiger partial charge in [0.25, 0.3) is 5.91 Å². The highest BCUT2D eigenvalue weighted by Crippen LogP contribution is 2.20. The average Bonchev–Trinajstić information content (AvgIpc) is 3.27. The molecule has 10 heteroatoms. The van der Waals surface area contributed by atoms with E-state index in [1.54, 1.807) is 18.3 Å². The Morgan fingerprint density at radius 2 is 2.04 bits per heavy atom. The molecule has 1 atom stereocenters. The number of nitrogens with zero attached hydrogens (tertiary/aromatic N) is 4. The molecule has 2 aromatic heterocycles. The van der Waals surface area contributed by atoms with Crippen LogP contribution in [0.5, 0.6) is 0 Å². The molecule has 0 radical (unpaired) electrons. The Labute approximate surface area is 158 Å². The summed E-state index contributed by atoms with van der Waals surface area (Å²) in [4.78, 5) is 23.2. The van der Waals surface area contributed by atoms with Crippen LogP contribution in [0.1, 0.15) is 29.0 Å². The fourth-order valence-corrected chi connectivity index (χ4v) is 2.55. The Kier molecular flexibility index (Phi) is 5.22. The standard InChI is InChI=1S/C17H15ClFN5O3/c1-10(17(26)27)24-8-5-14(21-24)16(25)20-15-6-7-23(22-15)9-11-12(18)3-2-4-13(11)19/h2-8,10H,9H2,1H3,(H,26,27)(H,20,22,25). The number of halogens is 2. The third kappa shape index (κ3) is 4.14. The molecule has 1 unspecified atom stereocenters. The number of anilines is 1. The number of aliphatic carboxylic acids is 1. The van der Waals surface area contributed by atoms with Crippen LogP contribution in [0.3, 0.4) is 0 Å². The lowest BCUT2D eigenvalue weighted by atomic mass is 10.2. The minimum Gasteiger partial charge on any atom is -0.480 e. The monoisotopic (exact) mass is 391 g/mol. The lowest BCUT2D eigenvalue weighted by Crippen LogP contribution is -2.18. The molecule has 2 heterocycles. The number of carbonyl (C=O) groups is 2. The third-order valence-electron chi connectivity index (χ3n) is 3.86. The number of aromatic nitrogens is 4. The van der Waals surface area contributed by atoms with Crippen molar-refractivity contribution in [1.29, 1.82) is 0 Å². The van der Waals surface area contributed by atoms with Crippen LogP contribution in [0, 0.1) is 5.82 Å². The molecule has 3 rings (SSSR count). The van der Waals surface area contributed by atoms with Crippen molar-refractivity contribution in [2.45, 2.75) is 19.5 Å². The molecule has 0 saturated heterocycles. The third-order valence-corrected chi connectivity index (χ3v) is 4.21. The van der Waals surface area contributed by atoms with Gasteiger partial charge in [-0.05, 0) is 25.1 Å². The summed E-state index contributed by atoms with van der Waals surface area (Å²) in [5.41, 5.74) is 0.344. The van der Waals surface area contributed by atoms with E-state index in [1.165, 1.54) is 40.7 Å². The molecule has 0 aliphatic heterocycles. The number of nitrogens with one attached hydrogen (secondary N) is 1. The zero-order valence-electron chi connectivity index (χ0n) is 14.1. The van der Waals surface area contributed by atoms with E-state index in [4.69, 9.17) is 16.7 Å². The van der Waals surface area contributed by atoms with Crippen LogP contribution in [0.15, 0.2) is 42.7 Å².